The molecule has 0 saturated heterocycles. The molecule has 1 unspecified atom stereocenters. The van der Waals surface area contributed by atoms with Gasteiger partial charge in [-0.25, -0.2) is 4.79 Å². The van der Waals surface area contributed by atoms with Crippen molar-refractivity contribution in [1.29, 1.82) is 0 Å². The van der Waals surface area contributed by atoms with Crippen molar-refractivity contribution < 1.29 is 14.3 Å². The van der Waals surface area contributed by atoms with E-state index in [1.807, 2.05) is 35.7 Å². The van der Waals surface area contributed by atoms with Gasteiger partial charge in [-0.1, -0.05) is 17.8 Å². The van der Waals surface area contributed by atoms with Crippen LogP contribution in [0, 0.1) is 0 Å². The Bertz CT molecular complexity index is 765. The minimum Gasteiger partial charge on any atom is -0.475 e. The number of aromatic carboxylic acids is 1. The number of hydrogen-bond acceptors (Lipinski definition) is 5. The van der Waals surface area contributed by atoms with E-state index in [1.54, 1.807) is 6.07 Å². The van der Waals surface area contributed by atoms with Crippen LogP contribution >= 0.6 is 11.8 Å². The number of carboxylic acids is 1. The van der Waals surface area contributed by atoms with Gasteiger partial charge < -0.3 is 9.52 Å². The van der Waals surface area contributed by atoms with E-state index in [0.29, 0.717) is 5.76 Å². The number of rotatable bonds is 4. The zero-order chi connectivity index (χ0) is 14.1. The Balaban J connectivity index is 1.84. The SMILES string of the molecule is CC(Sc1nnc2ccccn12)c1ccc(C(=O)O)o1. The molecule has 0 aromatic carbocycles. The van der Waals surface area contributed by atoms with E-state index in [0.717, 1.165) is 10.8 Å². The Morgan fingerprint density at radius 2 is 2.20 bits per heavy atom. The molecule has 1 atom stereocenters. The lowest BCUT2D eigenvalue weighted by Gasteiger charge is -2.06. The average Bonchev–Trinajstić information content (AvgIpc) is 3.06. The highest BCUT2D eigenvalue weighted by molar-refractivity contribution is 7.99. The largest absolute Gasteiger partial charge is 0.475 e. The Morgan fingerprint density at radius 3 is 2.95 bits per heavy atom. The van der Waals surface area contributed by atoms with Crippen molar-refractivity contribution in [3.05, 3.63) is 48.0 Å². The van der Waals surface area contributed by atoms with Crippen LogP contribution in [0.25, 0.3) is 5.65 Å². The monoisotopic (exact) mass is 289 g/mol. The van der Waals surface area contributed by atoms with Gasteiger partial charge in [0.1, 0.15) is 5.76 Å². The summed E-state index contributed by atoms with van der Waals surface area (Å²) in [6, 6.07) is 8.80. The number of carboxylic acid groups (broad SMARTS) is 1. The fraction of sp³-hybridized carbons (Fsp3) is 0.154. The summed E-state index contributed by atoms with van der Waals surface area (Å²) in [6.45, 7) is 1.93. The molecule has 0 saturated carbocycles. The molecule has 3 aromatic rings. The van der Waals surface area contributed by atoms with E-state index in [2.05, 4.69) is 10.2 Å². The molecule has 3 aromatic heterocycles. The molecule has 0 radical (unpaired) electrons. The van der Waals surface area contributed by atoms with Crippen LogP contribution in [0.5, 0.6) is 0 Å². The predicted octanol–water partition coefficient (Wildman–Crippen LogP) is 2.87. The lowest BCUT2D eigenvalue weighted by atomic mass is 10.3. The minimum atomic E-state index is -1.07. The fourth-order valence-electron chi connectivity index (χ4n) is 1.80. The maximum atomic E-state index is 10.8. The fourth-order valence-corrected chi connectivity index (χ4v) is 2.72. The van der Waals surface area contributed by atoms with Gasteiger partial charge in [0.25, 0.3) is 0 Å². The highest BCUT2D eigenvalue weighted by atomic mass is 32.2. The first-order valence-electron chi connectivity index (χ1n) is 5.94. The van der Waals surface area contributed by atoms with Gasteiger partial charge in [-0.2, -0.15) is 0 Å². The summed E-state index contributed by atoms with van der Waals surface area (Å²) in [5, 5.41) is 17.7. The van der Waals surface area contributed by atoms with Crippen LogP contribution in [0.15, 0.2) is 46.1 Å². The molecular formula is C13H11N3O3S. The zero-order valence-corrected chi connectivity index (χ0v) is 11.4. The van der Waals surface area contributed by atoms with Gasteiger partial charge in [-0.15, -0.1) is 10.2 Å². The van der Waals surface area contributed by atoms with Gasteiger partial charge in [0.05, 0.1) is 5.25 Å². The number of hydrogen-bond donors (Lipinski definition) is 1. The molecule has 0 amide bonds. The number of furan rings is 1. The van der Waals surface area contributed by atoms with Gasteiger partial charge in [0.15, 0.2) is 10.8 Å². The number of nitrogens with zero attached hydrogens (tertiary/aromatic N) is 3. The second kappa shape index (κ2) is 5.01. The molecule has 1 N–H and O–H groups in total. The smallest absolute Gasteiger partial charge is 0.371 e. The number of pyridine rings is 1. The minimum absolute atomic E-state index is 0.0569. The van der Waals surface area contributed by atoms with Crippen LogP contribution in [0.2, 0.25) is 0 Å². The molecule has 0 bridgehead atoms. The van der Waals surface area contributed by atoms with Crippen LogP contribution in [0.1, 0.15) is 28.5 Å². The summed E-state index contributed by atoms with van der Waals surface area (Å²) in [5.41, 5.74) is 0.771. The van der Waals surface area contributed by atoms with Crippen molar-refractivity contribution in [2.45, 2.75) is 17.3 Å². The van der Waals surface area contributed by atoms with Crippen LogP contribution in [-0.2, 0) is 0 Å². The van der Waals surface area contributed by atoms with E-state index in [1.165, 1.54) is 17.8 Å². The number of thioether (sulfide) groups is 1. The van der Waals surface area contributed by atoms with Crippen LogP contribution in [0.4, 0.5) is 0 Å². The molecule has 3 heterocycles. The number of fused-ring (bicyclic) bond motifs is 1. The molecular weight excluding hydrogens is 278 g/mol. The first-order valence-corrected chi connectivity index (χ1v) is 6.82. The summed E-state index contributed by atoms with van der Waals surface area (Å²) >= 11 is 1.46. The quantitative estimate of drug-likeness (QED) is 0.744. The first-order chi connectivity index (χ1) is 9.65. The second-order valence-corrected chi connectivity index (χ2v) is 5.49. The van der Waals surface area contributed by atoms with Crippen LogP contribution < -0.4 is 0 Å². The summed E-state index contributed by atoms with van der Waals surface area (Å²) in [6.07, 6.45) is 1.88. The Labute approximate surface area is 118 Å². The lowest BCUT2D eigenvalue weighted by molar-refractivity contribution is 0.0660. The van der Waals surface area contributed by atoms with Crippen molar-refractivity contribution >= 4 is 23.4 Å². The Morgan fingerprint density at radius 1 is 1.35 bits per heavy atom. The van der Waals surface area contributed by atoms with E-state index in [4.69, 9.17) is 9.52 Å². The zero-order valence-electron chi connectivity index (χ0n) is 10.6. The summed E-state index contributed by atoms with van der Waals surface area (Å²) in [4.78, 5) is 10.8. The molecule has 3 rings (SSSR count). The molecule has 0 spiro atoms. The second-order valence-electron chi connectivity index (χ2n) is 4.18. The van der Waals surface area contributed by atoms with Gasteiger partial charge in [-0.3, -0.25) is 4.40 Å². The number of aromatic nitrogens is 3. The lowest BCUT2D eigenvalue weighted by Crippen LogP contribution is -1.93. The molecule has 0 aliphatic heterocycles. The van der Waals surface area contributed by atoms with Gasteiger partial charge >= 0.3 is 5.97 Å². The van der Waals surface area contributed by atoms with Crippen LogP contribution in [-0.4, -0.2) is 25.7 Å². The van der Waals surface area contributed by atoms with Crippen molar-refractivity contribution in [2.24, 2.45) is 0 Å². The Kier molecular flexibility index (Phi) is 3.19. The topological polar surface area (TPSA) is 80.6 Å². The van der Waals surface area contributed by atoms with Crippen molar-refractivity contribution in [1.82, 2.24) is 14.6 Å². The third-order valence-corrected chi connectivity index (χ3v) is 3.88. The summed E-state index contributed by atoms with van der Waals surface area (Å²) in [7, 11) is 0. The van der Waals surface area contributed by atoms with Crippen molar-refractivity contribution in [3.8, 4) is 0 Å². The molecule has 6 nitrogen and oxygen atoms in total. The van der Waals surface area contributed by atoms with Gasteiger partial charge in [-0.05, 0) is 31.2 Å². The molecule has 0 aliphatic carbocycles. The third-order valence-electron chi connectivity index (χ3n) is 2.80. The molecule has 0 aliphatic rings. The normalized spacial score (nSPS) is 12.7. The van der Waals surface area contributed by atoms with E-state index in [-0.39, 0.29) is 11.0 Å². The summed E-state index contributed by atoms with van der Waals surface area (Å²) < 4.78 is 7.17. The Hall–Kier alpha value is -2.28. The molecule has 20 heavy (non-hydrogen) atoms. The standard InChI is InChI=1S/C13H11N3O3S/c1-8(9-5-6-10(19-9)12(17)18)20-13-15-14-11-4-2-3-7-16(11)13/h2-8H,1H3,(H,17,18). The van der Waals surface area contributed by atoms with Crippen molar-refractivity contribution in [3.63, 3.8) is 0 Å². The molecule has 0 fully saturated rings. The van der Waals surface area contributed by atoms with Gasteiger partial charge in [0.2, 0.25) is 5.76 Å². The van der Waals surface area contributed by atoms with E-state index in [9.17, 15) is 4.79 Å². The average molecular weight is 289 g/mol. The van der Waals surface area contributed by atoms with Crippen LogP contribution in [0.3, 0.4) is 0 Å². The van der Waals surface area contributed by atoms with Crippen molar-refractivity contribution in [2.75, 3.05) is 0 Å². The molecule has 7 heteroatoms. The highest BCUT2D eigenvalue weighted by Crippen LogP contribution is 2.34. The van der Waals surface area contributed by atoms with Gasteiger partial charge in [0, 0.05) is 6.20 Å². The van der Waals surface area contributed by atoms with E-state index >= 15 is 0 Å². The predicted molar refractivity (Wildman–Crippen MR) is 72.9 cm³/mol. The van der Waals surface area contributed by atoms with E-state index < -0.39 is 5.97 Å². The first kappa shape index (κ1) is 12.7. The summed E-state index contributed by atoms with van der Waals surface area (Å²) in [5.74, 6) is -0.528. The third kappa shape index (κ3) is 2.27. The maximum absolute atomic E-state index is 10.8. The maximum Gasteiger partial charge on any atom is 0.371 e. The number of carbonyl (C=O) groups is 1. The highest BCUT2D eigenvalue weighted by Gasteiger charge is 2.17. The molecule has 102 valence electrons.